The highest BCUT2D eigenvalue weighted by atomic mass is 16.6. The van der Waals surface area contributed by atoms with Crippen molar-refractivity contribution in [3.8, 4) is 17.1 Å². The van der Waals surface area contributed by atoms with Crippen LogP contribution in [0.5, 0.6) is 5.75 Å². The first-order valence-corrected chi connectivity index (χ1v) is 6.89. The van der Waals surface area contributed by atoms with E-state index in [1.807, 2.05) is 6.07 Å². The Hall–Kier alpha value is -3.16. The molecule has 1 aromatic carbocycles. The molecule has 1 unspecified atom stereocenters. The van der Waals surface area contributed by atoms with Gasteiger partial charge in [0.25, 0.3) is 11.5 Å². The maximum absolute atomic E-state index is 12.3. The first kappa shape index (κ1) is 14.8. The standard InChI is InChI=1S/C15H14N4O4/c1-19-13(9-5-3-2-4-6-9)18-11(12(20)15(19)22)14(21)17-10-7-16-23-8-10/h2-7,10,20H,8H2,1H3,(H,17,21). The quantitative estimate of drug-likeness (QED) is 0.846. The summed E-state index contributed by atoms with van der Waals surface area (Å²) in [5.41, 5.74) is -0.362. The fourth-order valence-electron chi connectivity index (χ4n) is 2.19. The van der Waals surface area contributed by atoms with Crippen LogP contribution in [0.4, 0.5) is 0 Å². The minimum absolute atomic E-state index is 0.197. The maximum Gasteiger partial charge on any atom is 0.296 e. The number of rotatable bonds is 3. The lowest BCUT2D eigenvalue weighted by Gasteiger charge is -2.12. The zero-order valence-corrected chi connectivity index (χ0v) is 12.3. The van der Waals surface area contributed by atoms with Gasteiger partial charge < -0.3 is 15.3 Å². The second-order valence-corrected chi connectivity index (χ2v) is 4.99. The lowest BCUT2D eigenvalue weighted by molar-refractivity contribution is 0.0916. The average molecular weight is 314 g/mol. The predicted molar refractivity (Wildman–Crippen MR) is 82.3 cm³/mol. The van der Waals surface area contributed by atoms with Gasteiger partial charge in [-0.1, -0.05) is 35.5 Å². The fourth-order valence-corrected chi connectivity index (χ4v) is 2.19. The maximum atomic E-state index is 12.3. The van der Waals surface area contributed by atoms with Gasteiger partial charge in [-0.2, -0.15) is 0 Å². The van der Waals surface area contributed by atoms with Crippen molar-refractivity contribution in [2.24, 2.45) is 12.2 Å². The molecule has 0 bridgehead atoms. The van der Waals surface area contributed by atoms with E-state index in [0.717, 1.165) is 0 Å². The number of oxime groups is 1. The molecule has 0 radical (unpaired) electrons. The van der Waals surface area contributed by atoms with Gasteiger partial charge in [0.15, 0.2) is 5.69 Å². The largest absolute Gasteiger partial charge is 0.501 e. The van der Waals surface area contributed by atoms with Crippen molar-refractivity contribution in [1.82, 2.24) is 14.9 Å². The van der Waals surface area contributed by atoms with Gasteiger partial charge in [0.1, 0.15) is 18.5 Å². The predicted octanol–water partition coefficient (Wildman–Crippen LogP) is 0.267. The Morgan fingerprint density at radius 2 is 2.13 bits per heavy atom. The molecule has 23 heavy (non-hydrogen) atoms. The third-order valence-electron chi connectivity index (χ3n) is 3.40. The molecule has 2 N–H and O–H groups in total. The van der Waals surface area contributed by atoms with Crippen LogP contribution < -0.4 is 10.9 Å². The highest BCUT2D eigenvalue weighted by Crippen LogP contribution is 2.18. The summed E-state index contributed by atoms with van der Waals surface area (Å²) in [5, 5.41) is 16.1. The number of hydrogen-bond acceptors (Lipinski definition) is 6. The van der Waals surface area contributed by atoms with Crippen LogP contribution in [-0.2, 0) is 11.9 Å². The molecule has 8 heteroatoms. The molecule has 1 aliphatic heterocycles. The van der Waals surface area contributed by atoms with E-state index in [-0.39, 0.29) is 18.1 Å². The summed E-state index contributed by atoms with van der Waals surface area (Å²) in [6.45, 7) is 0.197. The smallest absolute Gasteiger partial charge is 0.296 e. The van der Waals surface area contributed by atoms with Crippen molar-refractivity contribution in [2.75, 3.05) is 6.61 Å². The lowest BCUT2D eigenvalue weighted by atomic mass is 10.2. The number of carbonyl (C=O) groups is 1. The van der Waals surface area contributed by atoms with E-state index in [0.29, 0.717) is 5.56 Å². The topological polar surface area (TPSA) is 106 Å². The molecule has 0 fully saturated rings. The van der Waals surface area contributed by atoms with Crippen molar-refractivity contribution in [2.45, 2.75) is 6.04 Å². The molecule has 1 atom stereocenters. The Balaban J connectivity index is 2.03. The first-order chi connectivity index (χ1) is 11.1. The molecule has 1 aliphatic rings. The Labute approximate surface area is 131 Å². The molecule has 8 nitrogen and oxygen atoms in total. The molecule has 0 saturated carbocycles. The molecular formula is C15H14N4O4. The number of aromatic hydroxyl groups is 1. The van der Waals surface area contributed by atoms with E-state index in [2.05, 4.69) is 15.5 Å². The van der Waals surface area contributed by atoms with E-state index >= 15 is 0 Å². The van der Waals surface area contributed by atoms with Crippen LogP contribution in [0.15, 0.2) is 40.3 Å². The van der Waals surface area contributed by atoms with Crippen LogP contribution >= 0.6 is 0 Å². The fraction of sp³-hybridized carbons (Fsp3) is 0.200. The van der Waals surface area contributed by atoms with Crippen molar-refractivity contribution >= 4 is 12.1 Å². The monoisotopic (exact) mass is 314 g/mol. The van der Waals surface area contributed by atoms with Gasteiger partial charge in [0.05, 0.1) is 6.21 Å². The van der Waals surface area contributed by atoms with Gasteiger partial charge in [-0.05, 0) is 0 Å². The first-order valence-electron chi connectivity index (χ1n) is 6.89. The van der Waals surface area contributed by atoms with E-state index < -0.39 is 23.3 Å². The molecule has 1 amide bonds. The van der Waals surface area contributed by atoms with Gasteiger partial charge in [0, 0.05) is 12.6 Å². The summed E-state index contributed by atoms with van der Waals surface area (Å²) < 4.78 is 1.20. The van der Waals surface area contributed by atoms with Crippen molar-refractivity contribution < 1.29 is 14.7 Å². The van der Waals surface area contributed by atoms with Gasteiger partial charge in [-0.15, -0.1) is 0 Å². The summed E-state index contributed by atoms with van der Waals surface area (Å²) in [6.07, 6.45) is 1.42. The van der Waals surface area contributed by atoms with Gasteiger partial charge in [-0.25, -0.2) is 4.98 Å². The molecule has 118 valence electrons. The van der Waals surface area contributed by atoms with E-state index in [9.17, 15) is 14.7 Å². The van der Waals surface area contributed by atoms with Crippen LogP contribution in [-0.4, -0.2) is 39.4 Å². The number of benzene rings is 1. The summed E-state index contributed by atoms with van der Waals surface area (Å²) in [4.78, 5) is 33.4. The van der Waals surface area contributed by atoms with Gasteiger partial charge in [-0.3, -0.25) is 14.2 Å². The zero-order chi connectivity index (χ0) is 16.4. The number of amides is 1. The van der Waals surface area contributed by atoms with Crippen molar-refractivity contribution in [3.63, 3.8) is 0 Å². The minimum atomic E-state index is -0.694. The van der Waals surface area contributed by atoms with Crippen LogP contribution in [0.2, 0.25) is 0 Å². The Morgan fingerprint density at radius 1 is 1.39 bits per heavy atom. The summed E-state index contributed by atoms with van der Waals surface area (Å²) in [7, 11) is 1.48. The third-order valence-corrected chi connectivity index (χ3v) is 3.40. The Morgan fingerprint density at radius 3 is 2.78 bits per heavy atom. The summed E-state index contributed by atoms with van der Waals surface area (Å²) in [5.74, 6) is -1.07. The number of hydrogen-bond donors (Lipinski definition) is 2. The SMILES string of the molecule is Cn1c(-c2ccccc2)nc(C(=O)NC2C=NOC2)c(O)c1=O. The summed E-state index contributed by atoms with van der Waals surface area (Å²) in [6, 6.07) is 8.51. The number of nitrogens with zero attached hydrogens (tertiary/aromatic N) is 3. The summed E-state index contributed by atoms with van der Waals surface area (Å²) >= 11 is 0. The van der Waals surface area contributed by atoms with E-state index in [1.165, 1.54) is 17.8 Å². The number of aromatic nitrogens is 2. The Kier molecular flexibility index (Phi) is 3.80. The van der Waals surface area contributed by atoms with Crippen LogP contribution in [0.3, 0.4) is 0 Å². The molecule has 0 saturated heterocycles. The Bertz CT molecular complexity index is 829. The van der Waals surface area contributed by atoms with Crippen molar-refractivity contribution in [1.29, 1.82) is 0 Å². The number of carbonyl (C=O) groups excluding carboxylic acids is 1. The molecule has 2 aromatic rings. The zero-order valence-electron chi connectivity index (χ0n) is 12.3. The molecule has 0 spiro atoms. The highest BCUT2D eigenvalue weighted by molar-refractivity contribution is 5.96. The second-order valence-electron chi connectivity index (χ2n) is 4.99. The molecule has 3 rings (SSSR count). The minimum Gasteiger partial charge on any atom is -0.501 e. The third kappa shape index (κ3) is 2.78. The molecule has 2 heterocycles. The number of nitrogens with one attached hydrogen (secondary N) is 1. The molecule has 0 aliphatic carbocycles. The van der Waals surface area contributed by atoms with Crippen molar-refractivity contribution in [3.05, 3.63) is 46.4 Å². The van der Waals surface area contributed by atoms with Crippen LogP contribution in [0.1, 0.15) is 10.5 Å². The van der Waals surface area contributed by atoms with E-state index in [4.69, 9.17) is 4.84 Å². The normalized spacial score (nSPS) is 16.1. The van der Waals surface area contributed by atoms with Gasteiger partial charge >= 0.3 is 0 Å². The molecule has 1 aromatic heterocycles. The second kappa shape index (κ2) is 5.91. The average Bonchev–Trinajstić information content (AvgIpc) is 3.06. The van der Waals surface area contributed by atoms with Gasteiger partial charge in [0.2, 0.25) is 5.75 Å². The highest BCUT2D eigenvalue weighted by Gasteiger charge is 2.23. The molecular weight excluding hydrogens is 300 g/mol. The van der Waals surface area contributed by atoms with Crippen LogP contribution in [0.25, 0.3) is 11.4 Å². The lowest BCUT2D eigenvalue weighted by Crippen LogP contribution is -2.38. The van der Waals surface area contributed by atoms with Crippen LogP contribution in [0, 0.1) is 0 Å². The van der Waals surface area contributed by atoms with E-state index in [1.54, 1.807) is 24.3 Å².